The van der Waals surface area contributed by atoms with Crippen molar-refractivity contribution in [1.82, 2.24) is 15.3 Å². The average molecular weight is 520 g/mol. The first-order valence-corrected chi connectivity index (χ1v) is 12.9. The molecule has 0 aliphatic carbocycles. The molecular weight excluding hydrogens is 482 g/mol. The zero-order valence-corrected chi connectivity index (χ0v) is 22.8. The summed E-state index contributed by atoms with van der Waals surface area (Å²) in [6.45, 7) is 6.32. The number of hydrogen-bond donors (Lipinski definition) is 2. The summed E-state index contributed by atoms with van der Waals surface area (Å²) in [6, 6.07) is 11.9. The summed E-state index contributed by atoms with van der Waals surface area (Å²) in [7, 11) is 4.71. The molecule has 9 heteroatoms. The Morgan fingerprint density at radius 2 is 1.79 bits per heavy atom. The molecule has 2 N–H and O–H groups in total. The van der Waals surface area contributed by atoms with Gasteiger partial charge in [-0.2, -0.15) is 4.98 Å². The van der Waals surface area contributed by atoms with Crippen LogP contribution in [0.25, 0.3) is 0 Å². The Morgan fingerprint density at radius 1 is 1.03 bits per heavy atom. The van der Waals surface area contributed by atoms with E-state index in [1.807, 2.05) is 6.07 Å². The van der Waals surface area contributed by atoms with E-state index in [9.17, 15) is 4.79 Å². The van der Waals surface area contributed by atoms with E-state index in [0.717, 1.165) is 31.6 Å². The van der Waals surface area contributed by atoms with E-state index in [1.165, 1.54) is 16.7 Å². The molecule has 0 saturated carbocycles. The Hall–Kier alpha value is -4.01. The SMILES string of the molecule is COc1cc(Nc2nccc(N3CCCC(C(=O)NCCc4ccc(C)c(C)c4)C3)n2)cc(OC)c1OC. The molecule has 0 radical (unpaired) electrons. The Bertz CT molecular complexity index is 1240. The van der Waals surface area contributed by atoms with Crippen LogP contribution < -0.4 is 29.7 Å². The van der Waals surface area contributed by atoms with Gasteiger partial charge in [-0.25, -0.2) is 4.98 Å². The van der Waals surface area contributed by atoms with E-state index in [0.29, 0.717) is 42.0 Å². The molecule has 0 bridgehead atoms. The predicted molar refractivity (Wildman–Crippen MR) is 149 cm³/mol. The molecule has 1 saturated heterocycles. The largest absolute Gasteiger partial charge is 0.493 e. The van der Waals surface area contributed by atoms with Crippen molar-refractivity contribution >= 4 is 23.4 Å². The van der Waals surface area contributed by atoms with Crippen molar-refractivity contribution in [2.24, 2.45) is 5.92 Å². The quantitative estimate of drug-likeness (QED) is 0.406. The van der Waals surface area contributed by atoms with Crippen LogP contribution in [0.3, 0.4) is 0 Å². The van der Waals surface area contributed by atoms with Crippen LogP contribution in [-0.4, -0.2) is 56.8 Å². The second kappa shape index (κ2) is 12.5. The number of amides is 1. The van der Waals surface area contributed by atoms with Crippen LogP contribution in [0.5, 0.6) is 17.2 Å². The maximum atomic E-state index is 13.0. The van der Waals surface area contributed by atoms with Crippen molar-refractivity contribution in [1.29, 1.82) is 0 Å². The molecule has 2 aromatic carbocycles. The van der Waals surface area contributed by atoms with Crippen LogP contribution in [0.15, 0.2) is 42.6 Å². The summed E-state index contributed by atoms with van der Waals surface area (Å²) in [6.07, 6.45) is 4.34. The molecule has 1 amide bonds. The van der Waals surface area contributed by atoms with Crippen LogP contribution in [0.1, 0.15) is 29.5 Å². The number of nitrogens with one attached hydrogen (secondary N) is 2. The maximum Gasteiger partial charge on any atom is 0.229 e. The van der Waals surface area contributed by atoms with Crippen LogP contribution in [0.4, 0.5) is 17.5 Å². The lowest BCUT2D eigenvalue weighted by Crippen LogP contribution is -2.43. The highest BCUT2D eigenvalue weighted by Gasteiger charge is 2.26. The van der Waals surface area contributed by atoms with Crippen LogP contribution in [0, 0.1) is 19.8 Å². The number of hydrogen-bond acceptors (Lipinski definition) is 8. The Labute approximate surface area is 224 Å². The number of piperidine rings is 1. The van der Waals surface area contributed by atoms with E-state index < -0.39 is 0 Å². The fourth-order valence-corrected chi connectivity index (χ4v) is 4.70. The minimum atomic E-state index is -0.0787. The molecule has 1 aliphatic rings. The molecule has 4 rings (SSSR count). The van der Waals surface area contributed by atoms with Gasteiger partial charge in [-0.05, 0) is 55.9 Å². The second-order valence-electron chi connectivity index (χ2n) is 9.52. The fraction of sp³-hybridized carbons (Fsp3) is 0.414. The van der Waals surface area contributed by atoms with E-state index in [-0.39, 0.29) is 11.8 Å². The number of methoxy groups -OCH3 is 3. The van der Waals surface area contributed by atoms with Crippen LogP contribution in [-0.2, 0) is 11.2 Å². The molecule has 0 spiro atoms. The molecule has 9 nitrogen and oxygen atoms in total. The van der Waals surface area contributed by atoms with E-state index in [1.54, 1.807) is 39.7 Å². The third-order valence-corrected chi connectivity index (χ3v) is 6.96. The van der Waals surface area contributed by atoms with Gasteiger partial charge in [0.25, 0.3) is 0 Å². The van der Waals surface area contributed by atoms with Crippen molar-refractivity contribution in [3.63, 3.8) is 0 Å². The van der Waals surface area contributed by atoms with Crippen molar-refractivity contribution in [3.8, 4) is 17.2 Å². The molecule has 1 aromatic heterocycles. The number of rotatable bonds is 10. The number of nitrogens with zero attached hydrogens (tertiary/aromatic N) is 3. The summed E-state index contributed by atoms with van der Waals surface area (Å²) in [5.41, 5.74) is 4.51. The fourth-order valence-electron chi connectivity index (χ4n) is 4.70. The van der Waals surface area contributed by atoms with Gasteiger partial charge in [-0.15, -0.1) is 0 Å². The smallest absolute Gasteiger partial charge is 0.229 e. The normalized spacial score (nSPS) is 15.1. The highest BCUT2D eigenvalue weighted by atomic mass is 16.5. The number of benzene rings is 2. The first-order valence-electron chi connectivity index (χ1n) is 12.9. The molecule has 1 aliphatic heterocycles. The van der Waals surface area contributed by atoms with Crippen molar-refractivity contribution in [2.75, 3.05) is 51.2 Å². The summed E-state index contributed by atoms with van der Waals surface area (Å²) >= 11 is 0. The van der Waals surface area contributed by atoms with Crippen LogP contribution >= 0.6 is 0 Å². The first kappa shape index (κ1) is 27.0. The average Bonchev–Trinajstić information content (AvgIpc) is 2.94. The van der Waals surface area contributed by atoms with Crippen molar-refractivity contribution in [2.45, 2.75) is 33.1 Å². The molecule has 2 heterocycles. The lowest BCUT2D eigenvalue weighted by molar-refractivity contribution is -0.125. The number of anilines is 3. The van der Waals surface area contributed by atoms with Gasteiger partial charge in [-0.3, -0.25) is 4.79 Å². The summed E-state index contributed by atoms with van der Waals surface area (Å²) in [4.78, 5) is 24.2. The van der Waals surface area contributed by atoms with Gasteiger partial charge in [-0.1, -0.05) is 18.2 Å². The molecule has 1 unspecified atom stereocenters. The Kier molecular flexibility index (Phi) is 8.89. The van der Waals surface area contributed by atoms with Gasteiger partial charge < -0.3 is 29.7 Å². The Balaban J connectivity index is 1.38. The van der Waals surface area contributed by atoms with E-state index in [4.69, 9.17) is 19.2 Å². The summed E-state index contributed by atoms with van der Waals surface area (Å²) in [5, 5.41) is 6.36. The number of aromatic nitrogens is 2. The maximum absolute atomic E-state index is 13.0. The standard InChI is InChI=1S/C29H37N5O4/c1-19-8-9-21(15-20(19)2)10-12-30-28(35)22-7-6-14-34(18-22)26-11-13-31-29(33-26)32-23-16-24(36-3)27(38-5)25(17-23)37-4/h8-9,11,13,15-17,22H,6-7,10,12,14,18H2,1-5H3,(H,30,35)(H,31,32,33). The number of aryl methyl sites for hydroxylation is 2. The van der Waals surface area contributed by atoms with Gasteiger partial charge in [0, 0.05) is 43.7 Å². The van der Waals surface area contributed by atoms with Crippen molar-refractivity contribution < 1.29 is 19.0 Å². The topological polar surface area (TPSA) is 97.8 Å². The summed E-state index contributed by atoms with van der Waals surface area (Å²) < 4.78 is 16.3. The highest BCUT2D eigenvalue weighted by Crippen LogP contribution is 2.40. The van der Waals surface area contributed by atoms with Gasteiger partial charge >= 0.3 is 0 Å². The van der Waals surface area contributed by atoms with E-state index >= 15 is 0 Å². The highest BCUT2D eigenvalue weighted by molar-refractivity contribution is 5.79. The minimum Gasteiger partial charge on any atom is -0.493 e. The Morgan fingerprint density at radius 3 is 2.47 bits per heavy atom. The summed E-state index contributed by atoms with van der Waals surface area (Å²) in [5.74, 6) is 2.83. The number of carbonyl (C=O) groups is 1. The lowest BCUT2D eigenvalue weighted by atomic mass is 9.97. The molecule has 38 heavy (non-hydrogen) atoms. The number of ether oxygens (including phenoxy) is 3. The first-order chi connectivity index (χ1) is 18.4. The zero-order chi connectivity index (χ0) is 27.1. The minimum absolute atomic E-state index is 0.0787. The second-order valence-corrected chi connectivity index (χ2v) is 9.52. The molecular formula is C29H37N5O4. The van der Waals surface area contributed by atoms with Crippen molar-refractivity contribution in [3.05, 3.63) is 59.3 Å². The lowest BCUT2D eigenvalue weighted by Gasteiger charge is -2.33. The van der Waals surface area contributed by atoms with Gasteiger partial charge in [0.15, 0.2) is 11.5 Å². The van der Waals surface area contributed by atoms with E-state index in [2.05, 4.69) is 52.6 Å². The third kappa shape index (κ3) is 6.45. The van der Waals surface area contributed by atoms with Gasteiger partial charge in [0.2, 0.25) is 17.6 Å². The number of carbonyl (C=O) groups excluding carboxylic acids is 1. The molecule has 1 fully saturated rings. The molecule has 1 atom stereocenters. The zero-order valence-electron chi connectivity index (χ0n) is 22.8. The van der Waals surface area contributed by atoms with Gasteiger partial charge in [0.1, 0.15) is 5.82 Å². The third-order valence-electron chi connectivity index (χ3n) is 6.96. The monoisotopic (exact) mass is 519 g/mol. The van der Waals surface area contributed by atoms with Gasteiger partial charge in [0.05, 0.1) is 27.2 Å². The van der Waals surface area contributed by atoms with Crippen LogP contribution in [0.2, 0.25) is 0 Å². The molecule has 202 valence electrons. The molecule has 3 aromatic rings. The predicted octanol–water partition coefficient (Wildman–Crippen LogP) is 4.44.